The predicted octanol–water partition coefficient (Wildman–Crippen LogP) is 4.51. The van der Waals surface area contributed by atoms with E-state index in [1.54, 1.807) is 4.68 Å². The molecule has 4 aromatic rings. The van der Waals surface area contributed by atoms with Gasteiger partial charge in [0.25, 0.3) is 5.91 Å². The lowest BCUT2D eigenvalue weighted by atomic mass is 9.84. The summed E-state index contributed by atoms with van der Waals surface area (Å²) in [6, 6.07) is 18.0. The molecule has 0 unspecified atom stereocenters. The number of aryl methyl sites for hydroxylation is 1. The quantitative estimate of drug-likeness (QED) is 0.406. The maximum Gasteiger partial charge on any atom is 0.257 e. The summed E-state index contributed by atoms with van der Waals surface area (Å²) in [5, 5.41) is 8.87. The van der Waals surface area contributed by atoms with Crippen LogP contribution in [-0.2, 0) is 11.2 Å². The second-order valence-corrected chi connectivity index (χ2v) is 9.73. The fourth-order valence-corrected chi connectivity index (χ4v) is 5.19. The van der Waals surface area contributed by atoms with Crippen LogP contribution in [0.25, 0.3) is 16.6 Å². The van der Waals surface area contributed by atoms with Gasteiger partial charge in [0.15, 0.2) is 0 Å². The van der Waals surface area contributed by atoms with E-state index < -0.39 is 0 Å². The first kappa shape index (κ1) is 23.9. The smallest absolute Gasteiger partial charge is 0.257 e. The van der Waals surface area contributed by atoms with Crippen molar-refractivity contribution in [2.24, 2.45) is 11.8 Å². The summed E-state index contributed by atoms with van der Waals surface area (Å²) < 4.78 is 1.76. The zero-order valence-electron chi connectivity index (χ0n) is 20.9. The Morgan fingerprint density at radius 1 is 1.08 bits per heavy atom. The van der Waals surface area contributed by atoms with Gasteiger partial charge in [-0.25, -0.2) is 4.68 Å². The topological polar surface area (TPSA) is 83.0 Å². The zero-order valence-corrected chi connectivity index (χ0v) is 20.9. The Morgan fingerprint density at radius 2 is 1.81 bits per heavy atom. The van der Waals surface area contributed by atoms with Gasteiger partial charge >= 0.3 is 0 Å². The highest BCUT2D eigenvalue weighted by molar-refractivity contribution is 5.95. The maximum atomic E-state index is 13.2. The number of carbonyl (C=O) groups is 2. The van der Waals surface area contributed by atoms with Gasteiger partial charge in [-0.1, -0.05) is 43.3 Å². The molecule has 36 heavy (non-hydrogen) atoms. The molecule has 7 nitrogen and oxygen atoms in total. The molecule has 3 heterocycles. The van der Waals surface area contributed by atoms with Gasteiger partial charge < -0.3 is 15.2 Å². The van der Waals surface area contributed by atoms with E-state index in [0.29, 0.717) is 25.2 Å². The average Bonchev–Trinajstić information content (AvgIpc) is 3.52. The van der Waals surface area contributed by atoms with Crippen molar-refractivity contribution in [2.45, 2.75) is 33.1 Å². The van der Waals surface area contributed by atoms with Crippen molar-refractivity contribution >= 4 is 22.7 Å². The summed E-state index contributed by atoms with van der Waals surface area (Å²) in [4.78, 5) is 31.2. The van der Waals surface area contributed by atoms with Crippen LogP contribution in [0.2, 0.25) is 0 Å². The Bertz CT molecular complexity index is 1350. The number of H-pyrrole nitrogens is 1. The first-order valence-corrected chi connectivity index (χ1v) is 12.7. The van der Waals surface area contributed by atoms with Gasteiger partial charge in [0.2, 0.25) is 5.91 Å². The molecule has 7 heteroatoms. The minimum atomic E-state index is -0.0761. The number of nitrogens with zero attached hydrogens (tertiary/aromatic N) is 3. The lowest BCUT2D eigenvalue weighted by Crippen LogP contribution is -2.43. The SMILES string of the molecule is Cc1nn(-c2ccccc2)cc1C(=O)N1CCC([C@H](C)C(=O)NCCc2c[nH]c3ccccc23)CC1. The van der Waals surface area contributed by atoms with E-state index in [-0.39, 0.29) is 23.7 Å². The fourth-order valence-electron chi connectivity index (χ4n) is 5.19. The number of para-hydroxylation sites is 2. The van der Waals surface area contributed by atoms with Crippen LogP contribution < -0.4 is 5.32 Å². The number of aromatic amines is 1. The third-order valence-corrected chi connectivity index (χ3v) is 7.47. The van der Waals surface area contributed by atoms with E-state index in [0.717, 1.165) is 36.2 Å². The Labute approximate surface area is 211 Å². The van der Waals surface area contributed by atoms with Gasteiger partial charge in [0, 0.05) is 48.8 Å². The van der Waals surface area contributed by atoms with Crippen LogP contribution in [-0.4, -0.2) is 51.1 Å². The Morgan fingerprint density at radius 3 is 2.58 bits per heavy atom. The van der Waals surface area contributed by atoms with Gasteiger partial charge in [0.05, 0.1) is 16.9 Å². The summed E-state index contributed by atoms with van der Waals surface area (Å²) in [5.74, 6) is 0.312. The van der Waals surface area contributed by atoms with Crippen molar-refractivity contribution in [2.75, 3.05) is 19.6 Å². The number of carbonyl (C=O) groups excluding carboxylic acids is 2. The molecule has 0 saturated carbocycles. The molecule has 0 spiro atoms. The standard InChI is InChI=1S/C29H33N5O2/c1-20(28(35)30-15-12-23-18-31-27-11-7-6-10-25(23)27)22-13-16-33(17-14-22)29(36)26-19-34(32-21(26)2)24-8-4-3-5-9-24/h3-11,18-20,22,31H,12-17H2,1-2H3,(H,30,35)/t20-/m0/s1. The molecule has 1 saturated heterocycles. The van der Waals surface area contributed by atoms with Crippen molar-refractivity contribution in [3.05, 3.63) is 83.8 Å². The number of fused-ring (bicyclic) bond motifs is 1. The fraction of sp³-hybridized carbons (Fsp3) is 0.345. The highest BCUT2D eigenvalue weighted by Crippen LogP contribution is 2.27. The Balaban J connectivity index is 1.12. The van der Waals surface area contributed by atoms with Crippen LogP contribution in [0.4, 0.5) is 0 Å². The molecular weight excluding hydrogens is 450 g/mol. The summed E-state index contributed by atoms with van der Waals surface area (Å²) in [7, 11) is 0. The van der Waals surface area contributed by atoms with Gasteiger partial charge in [-0.2, -0.15) is 5.10 Å². The summed E-state index contributed by atoms with van der Waals surface area (Å²) in [6.07, 6.45) is 6.30. The van der Waals surface area contributed by atoms with E-state index in [9.17, 15) is 9.59 Å². The first-order chi connectivity index (χ1) is 17.5. The number of rotatable bonds is 7. The van der Waals surface area contributed by atoms with Crippen molar-refractivity contribution in [1.82, 2.24) is 25.0 Å². The molecule has 0 aliphatic carbocycles. The molecule has 0 radical (unpaired) electrons. The molecule has 2 N–H and O–H groups in total. The van der Waals surface area contributed by atoms with Gasteiger partial charge in [-0.05, 0) is 55.9 Å². The van der Waals surface area contributed by atoms with Crippen LogP contribution in [0.1, 0.15) is 41.4 Å². The van der Waals surface area contributed by atoms with E-state index in [4.69, 9.17) is 0 Å². The lowest BCUT2D eigenvalue weighted by molar-refractivity contribution is -0.126. The van der Waals surface area contributed by atoms with Crippen molar-refractivity contribution < 1.29 is 9.59 Å². The van der Waals surface area contributed by atoms with E-state index in [1.807, 2.05) is 73.6 Å². The molecular formula is C29H33N5O2. The second kappa shape index (κ2) is 10.4. The second-order valence-electron chi connectivity index (χ2n) is 9.73. The van der Waals surface area contributed by atoms with Crippen molar-refractivity contribution in [3.8, 4) is 5.69 Å². The predicted molar refractivity (Wildman–Crippen MR) is 141 cm³/mol. The molecule has 1 aliphatic heterocycles. The number of amides is 2. The van der Waals surface area contributed by atoms with Crippen molar-refractivity contribution in [1.29, 1.82) is 0 Å². The molecule has 1 fully saturated rings. The van der Waals surface area contributed by atoms with E-state index >= 15 is 0 Å². The molecule has 5 rings (SSSR count). The highest BCUT2D eigenvalue weighted by atomic mass is 16.2. The van der Waals surface area contributed by atoms with Crippen LogP contribution in [0.15, 0.2) is 67.0 Å². The third-order valence-electron chi connectivity index (χ3n) is 7.47. The summed E-state index contributed by atoms with van der Waals surface area (Å²) >= 11 is 0. The molecule has 1 atom stereocenters. The average molecular weight is 484 g/mol. The summed E-state index contributed by atoms with van der Waals surface area (Å²) in [6.45, 7) is 5.82. The molecule has 186 valence electrons. The molecule has 1 aliphatic rings. The minimum absolute atomic E-state index is 0.0176. The van der Waals surface area contributed by atoms with E-state index in [2.05, 4.69) is 27.5 Å². The van der Waals surface area contributed by atoms with Crippen LogP contribution in [0.5, 0.6) is 0 Å². The number of likely N-dealkylation sites (tertiary alicyclic amines) is 1. The highest BCUT2D eigenvalue weighted by Gasteiger charge is 2.31. The van der Waals surface area contributed by atoms with Crippen molar-refractivity contribution in [3.63, 3.8) is 0 Å². The lowest BCUT2D eigenvalue weighted by Gasteiger charge is -2.34. The molecule has 2 aromatic carbocycles. The number of piperidine rings is 1. The molecule has 2 amide bonds. The third kappa shape index (κ3) is 4.91. The number of benzene rings is 2. The monoisotopic (exact) mass is 483 g/mol. The van der Waals surface area contributed by atoms with Gasteiger partial charge in [0.1, 0.15) is 0 Å². The number of hydrogen-bond acceptors (Lipinski definition) is 3. The van der Waals surface area contributed by atoms with Crippen LogP contribution in [0, 0.1) is 18.8 Å². The summed E-state index contributed by atoms with van der Waals surface area (Å²) in [5.41, 5.74) is 4.64. The number of aromatic nitrogens is 3. The number of hydrogen-bond donors (Lipinski definition) is 2. The van der Waals surface area contributed by atoms with Crippen LogP contribution >= 0.6 is 0 Å². The minimum Gasteiger partial charge on any atom is -0.361 e. The van der Waals surface area contributed by atoms with Crippen LogP contribution in [0.3, 0.4) is 0 Å². The number of nitrogens with one attached hydrogen (secondary N) is 2. The molecule has 2 aromatic heterocycles. The maximum absolute atomic E-state index is 13.2. The first-order valence-electron chi connectivity index (χ1n) is 12.7. The Kier molecular flexibility index (Phi) is 6.89. The normalized spacial score (nSPS) is 15.2. The van der Waals surface area contributed by atoms with Gasteiger partial charge in [-0.15, -0.1) is 0 Å². The zero-order chi connectivity index (χ0) is 25.1. The van der Waals surface area contributed by atoms with E-state index in [1.165, 1.54) is 10.9 Å². The Hall–Kier alpha value is -3.87. The largest absolute Gasteiger partial charge is 0.361 e. The molecule has 0 bridgehead atoms. The van der Waals surface area contributed by atoms with Gasteiger partial charge in [-0.3, -0.25) is 9.59 Å².